The number of aliphatic hydroxyl groups is 1. The monoisotopic (exact) mass is 322 g/mol. The minimum absolute atomic E-state index is 0.0861. The first-order chi connectivity index (χ1) is 11.0. The van der Waals surface area contributed by atoms with E-state index in [1.807, 2.05) is 0 Å². The van der Waals surface area contributed by atoms with Crippen molar-refractivity contribution in [1.82, 2.24) is 10.3 Å². The Morgan fingerprint density at radius 1 is 1.35 bits per heavy atom. The smallest absolute Gasteiger partial charge is 0.249 e. The molecule has 2 aromatic rings. The zero-order valence-electron chi connectivity index (χ0n) is 12.4. The molecule has 0 bridgehead atoms. The Morgan fingerprint density at radius 2 is 2.13 bits per heavy atom. The Bertz CT molecular complexity index is 695. The second kappa shape index (κ2) is 7.64. The third-order valence-electron chi connectivity index (χ3n) is 3.10. The molecule has 0 unspecified atom stereocenters. The van der Waals surface area contributed by atoms with E-state index in [-0.39, 0.29) is 18.2 Å². The summed E-state index contributed by atoms with van der Waals surface area (Å²) >= 11 is 0. The second-order valence-corrected chi connectivity index (χ2v) is 4.79. The Balaban J connectivity index is 2.11. The number of pyridine rings is 1. The third kappa shape index (κ3) is 4.46. The van der Waals surface area contributed by atoms with Gasteiger partial charge < -0.3 is 15.2 Å². The Labute approximate surface area is 131 Å². The summed E-state index contributed by atoms with van der Waals surface area (Å²) in [5.41, 5.74) is 0.536. The fourth-order valence-electron chi connectivity index (χ4n) is 1.79. The normalized spacial score (nSPS) is 11.8. The number of hydrogen-bond acceptors (Lipinski definition) is 4. The number of rotatable bonds is 6. The standard InChI is InChI=1S/C16H16F2N2O3/c1-2-14(21)15(22)20-9-10-4-3-7-19-16(10)23-11-5-6-12(17)13(18)8-11/h3-8,14,21H,2,9H2,1H3,(H,20,22)/t14-/m1/s1. The highest BCUT2D eigenvalue weighted by Gasteiger charge is 2.14. The largest absolute Gasteiger partial charge is 0.439 e. The van der Waals surface area contributed by atoms with Crippen LogP contribution < -0.4 is 10.1 Å². The van der Waals surface area contributed by atoms with Gasteiger partial charge in [-0.15, -0.1) is 0 Å². The van der Waals surface area contributed by atoms with Gasteiger partial charge in [-0.25, -0.2) is 13.8 Å². The summed E-state index contributed by atoms with van der Waals surface area (Å²) in [7, 11) is 0. The molecule has 1 amide bonds. The molecule has 0 radical (unpaired) electrons. The molecular weight excluding hydrogens is 306 g/mol. The van der Waals surface area contributed by atoms with Crippen molar-refractivity contribution in [2.45, 2.75) is 26.0 Å². The molecule has 2 rings (SSSR count). The van der Waals surface area contributed by atoms with Gasteiger partial charge in [0.2, 0.25) is 11.8 Å². The molecule has 0 fully saturated rings. The van der Waals surface area contributed by atoms with Gasteiger partial charge in [-0.2, -0.15) is 0 Å². The van der Waals surface area contributed by atoms with Crippen molar-refractivity contribution in [2.75, 3.05) is 0 Å². The lowest BCUT2D eigenvalue weighted by Crippen LogP contribution is -2.33. The Hall–Kier alpha value is -2.54. The number of ether oxygens (including phenoxy) is 1. The van der Waals surface area contributed by atoms with E-state index >= 15 is 0 Å². The van der Waals surface area contributed by atoms with Gasteiger partial charge in [0.1, 0.15) is 11.9 Å². The van der Waals surface area contributed by atoms with E-state index in [0.717, 1.165) is 12.1 Å². The number of nitrogens with one attached hydrogen (secondary N) is 1. The molecule has 1 heterocycles. The van der Waals surface area contributed by atoms with Gasteiger partial charge in [-0.1, -0.05) is 13.0 Å². The Morgan fingerprint density at radius 3 is 2.83 bits per heavy atom. The number of aliphatic hydroxyl groups excluding tert-OH is 1. The number of halogens is 2. The van der Waals surface area contributed by atoms with E-state index in [1.54, 1.807) is 19.1 Å². The third-order valence-corrected chi connectivity index (χ3v) is 3.10. The van der Waals surface area contributed by atoms with E-state index < -0.39 is 23.6 Å². The highest BCUT2D eigenvalue weighted by atomic mass is 19.2. The zero-order chi connectivity index (χ0) is 16.8. The number of amides is 1. The molecule has 0 spiro atoms. The van der Waals surface area contributed by atoms with E-state index in [0.29, 0.717) is 12.0 Å². The lowest BCUT2D eigenvalue weighted by Gasteiger charge is -2.12. The SMILES string of the molecule is CC[C@@H](O)C(=O)NCc1cccnc1Oc1ccc(F)c(F)c1. The van der Waals surface area contributed by atoms with Gasteiger partial charge in [0.25, 0.3) is 0 Å². The fourth-order valence-corrected chi connectivity index (χ4v) is 1.79. The summed E-state index contributed by atoms with van der Waals surface area (Å²) in [6.45, 7) is 1.77. The maximum absolute atomic E-state index is 13.2. The summed E-state index contributed by atoms with van der Waals surface area (Å²) in [5, 5.41) is 12.0. The summed E-state index contributed by atoms with van der Waals surface area (Å²) < 4.78 is 31.6. The van der Waals surface area contributed by atoms with Crippen LogP contribution in [0.4, 0.5) is 8.78 Å². The van der Waals surface area contributed by atoms with Crippen LogP contribution in [0.15, 0.2) is 36.5 Å². The maximum atomic E-state index is 13.2. The van der Waals surface area contributed by atoms with Crippen molar-refractivity contribution in [3.8, 4) is 11.6 Å². The molecule has 1 atom stereocenters. The minimum Gasteiger partial charge on any atom is -0.439 e. The first kappa shape index (κ1) is 16.8. The first-order valence-corrected chi connectivity index (χ1v) is 7.03. The molecule has 7 heteroatoms. The minimum atomic E-state index is -1.08. The molecule has 122 valence electrons. The summed E-state index contributed by atoms with van der Waals surface area (Å²) in [6.07, 6.45) is 0.695. The van der Waals surface area contributed by atoms with Crippen LogP contribution >= 0.6 is 0 Å². The van der Waals surface area contributed by atoms with Crippen LogP contribution in [0, 0.1) is 11.6 Å². The highest BCUT2D eigenvalue weighted by Crippen LogP contribution is 2.24. The number of hydrogen-bond donors (Lipinski definition) is 2. The van der Waals surface area contributed by atoms with Gasteiger partial charge >= 0.3 is 0 Å². The highest BCUT2D eigenvalue weighted by molar-refractivity contribution is 5.80. The topological polar surface area (TPSA) is 71.5 Å². The lowest BCUT2D eigenvalue weighted by molar-refractivity contribution is -0.129. The van der Waals surface area contributed by atoms with Gasteiger partial charge in [0.15, 0.2) is 11.6 Å². The van der Waals surface area contributed by atoms with E-state index in [1.165, 1.54) is 12.3 Å². The predicted molar refractivity (Wildman–Crippen MR) is 78.8 cm³/mol. The summed E-state index contributed by atoms with van der Waals surface area (Å²) in [5.74, 6) is -2.26. The van der Waals surface area contributed by atoms with Crippen molar-refractivity contribution >= 4 is 5.91 Å². The lowest BCUT2D eigenvalue weighted by atomic mass is 10.2. The molecule has 1 aromatic carbocycles. The number of carbonyl (C=O) groups excluding carboxylic acids is 1. The predicted octanol–water partition coefficient (Wildman–Crippen LogP) is 2.54. The van der Waals surface area contributed by atoms with Crippen LogP contribution in [0.2, 0.25) is 0 Å². The zero-order valence-corrected chi connectivity index (χ0v) is 12.4. The first-order valence-electron chi connectivity index (χ1n) is 7.03. The quantitative estimate of drug-likeness (QED) is 0.857. The van der Waals surface area contributed by atoms with Crippen LogP contribution in [0.25, 0.3) is 0 Å². The fraction of sp³-hybridized carbons (Fsp3) is 0.250. The van der Waals surface area contributed by atoms with Gasteiger partial charge in [-0.05, 0) is 24.6 Å². The van der Waals surface area contributed by atoms with Gasteiger partial charge in [-0.3, -0.25) is 4.79 Å². The summed E-state index contributed by atoms with van der Waals surface area (Å²) in [4.78, 5) is 15.6. The van der Waals surface area contributed by atoms with Gasteiger partial charge in [0.05, 0.1) is 0 Å². The van der Waals surface area contributed by atoms with Crippen molar-refractivity contribution in [2.24, 2.45) is 0 Å². The molecule has 2 N–H and O–H groups in total. The van der Waals surface area contributed by atoms with Crippen LogP contribution in [0.3, 0.4) is 0 Å². The van der Waals surface area contributed by atoms with Crippen molar-refractivity contribution in [3.05, 3.63) is 53.7 Å². The molecule has 0 aliphatic carbocycles. The van der Waals surface area contributed by atoms with E-state index in [2.05, 4.69) is 10.3 Å². The van der Waals surface area contributed by atoms with Crippen LogP contribution in [0.5, 0.6) is 11.6 Å². The molecule has 1 aromatic heterocycles. The Kier molecular flexibility index (Phi) is 5.59. The van der Waals surface area contributed by atoms with Crippen LogP contribution in [0.1, 0.15) is 18.9 Å². The average Bonchev–Trinajstić information content (AvgIpc) is 2.56. The molecule has 23 heavy (non-hydrogen) atoms. The molecule has 0 saturated carbocycles. The van der Waals surface area contributed by atoms with E-state index in [9.17, 15) is 18.7 Å². The van der Waals surface area contributed by atoms with Crippen LogP contribution in [-0.2, 0) is 11.3 Å². The van der Waals surface area contributed by atoms with Crippen molar-refractivity contribution in [1.29, 1.82) is 0 Å². The number of aromatic nitrogens is 1. The van der Waals surface area contributed by atoms with Crippen LogP contribution in [-0.4, -0.2) is 22.1 Å². The number of benzene rings is 1. The summed E-state index contributed by atoms with van der Waals surface area (Å²) in [6, 6.07) is 6.45. The number of carbonyl (C=O) groups is 1. The molecule has 0 aliphatic rings. The van der Waals surface area contributed by atoms with Crippen molar-refractivity contribution in [3.63, 3.8) is 0 Å². The molecule has 0 aliphatic heterocycles. The average molecular weight is 322 g/mol. The van der Waals surface area contributed by atoms with Gasteiger partial charge in [0, 0.05) is 24.4 Å². The van der Waals surface area contributed by atoms with E-state index in [4.69, 9.17) is 4.74 Å². The molecular formula is C16H16F2N2O3. The molecule has 5 nitrogen and oxygen atoms in total. The maximum Gasteiger partial charge on any atom is 0.249 e. The number of nitrogens with zero attached hydrogens (tertiary/aromatic N) is 1. The molecule has 0 saturated heterocycles. The van der Waals surface area contributed by atoms with Crippen molar-refractivity contribution < 1.29 is 23.4 Å². The second-order valence-electron chi connectivity index (χ2n) is 4.79.